The third-order valence-electron chi connectivity index (χ3n) is 5.85. The number of carbonyl (C=O) groups is 3. The SMILES string of the molecule is C=CCOC(=O)[C@H](SCc1c(OC)cc(OC)cc1OC)[C@H](NC(=O)OC(C)(C)C)C(=O)OC(C)(C)c1ccccc1. The van der Waals surface area contributed by atoms with Crippen molar-refractivity contribution in [2.45, 2.75) is 62.9 Å². The van der Waals surface area contributed by atoms with Gasteiger partial charge in [-0.25, -0.2) is 9.59 Å². The molecule has 0 unspecified atom stereocenters. The maximum Gasteiger partial charge on any atom is 0.408 e. The van der Waals surface area contributed by atoms with Crippen molar-refractivity contribution in [2.75, 3.05) is 27.9 Å². The van der Waals surface area contributed by atoms with E-state index >= 15 is 0 Å². The van der Waals surface area contributed by atoms with Gasteiger partial charge in [-0.05, 0) is 40.2 Å². The number of alkyl carbamates (subject to hydrolysis) is 1. The minimum Gasteiger partial charge on any atom is -0.496 e. The van der Waals surface area contributed by atoms with Crippen molar-refractivity contribution >= 4 is 29.8 Å². The van der Waals surface area contributed by atoms with Crippen LogP contribution in [0.4, 0.5) is 4.79 Å². The monoisotopic (exact) mass is 603 g/mol. The summed E-state index contributed by atoms with van der Waals surface area (Å²) in [5.74, 6) is -0.0805. The number of hydrogen-bond donors (Lipinski definition) is 1. The summed E-state index contributed by atoms with van der Waals surface area (Å²) in [5.41, 5.74) is -0.631. The number of esters is 2. The fraction of sp³-hybridized carbons (Fsp3) is 0.452. The first-order valence-corrected chi connectivity index (χ1v) is 14.3. The van der Waals surface area contributed by atoms with Gasteiger partial charge in [0.25, 0.3) is 0 Å². The lowest BCUT2D eigenvalue weighted by Gasteiger charge is -2.31. The molecule has 1 N–H and O–H groups in total. The van der Waals surface area contributed by atoms with Gasteiger partial charge >= 0.3 is 18.0 Å². The molecule has 0 bridgehead atoms. The number of hydrogen-bond acceptors (Lipinski definition) is 10. The van der Waals surface area contributed by atoms with E-state index in [1.165, 1.54) is 27.4 Å². The quantitative estimate of drug-likeness (QED) is 0.170. The van der Waals surface area contributed by atoms with Crippen LogP contribution in [0.25, 0.3) is 0 Å². The molecule has 0 fully saturated rings. The summed E-state index contributed by atoms with van der Waals surface area (Å²) in [6, 6.07) is 11.0. The molecule has 0 saturated carbocycles. The topological polar surface area (TPSA) is 119 Å². The Hall–Kier alpha value is -3.86. The highest BCUT2D eigenvalue weighted by molar-refractivity contribution is 7.99. The van der Waals surface area contributed by atoms with Gasteiger partial charge in [0.2, 0.25) is 0 Å². The zero-order valence-corrected chi connectivity index (χ0v) is 26.3. The lowest BCUT2D eigenvalue weighted by Crippen LogP contribution is -2.53. The molecule has 0 aliphatic rings. The van der Waals surface area contributed by atoms with E-state index in [-0.39, 0.29) is 12.4 Å². The number of nitrogens with one attached hydrogen (secondary N) is 1. The Balaban J connectivity index is 2.52. The maximum absolute atomic E-state index is 13.8. The summed E-state index contributed by atoms with van der Waals surface area (Å²) >= 11 is 1.04. The predicted octanol–water partition coefficient (Wildman–Crippen LogP) is 5.42. The average molecular weight is 604 g/mol. The Morgan fingerprint density at radius 3 is 2.00 bits per heavy atom. The third-order valence-corrected chi connectivity index (χ3v) is 7.13. The van der Waals surface area contributed by atoms with Crippen molar-refractivity contribution in [3.63, 3.8) is 0 Å². The number of ether oxygens (including phenoxy) is 6. The van der Waals surface area contributed by atoms with Crippen LogP contribution >= 0.6 is 11.8 Å². The van der Waals surface area contributed by atoms with E-state index in [4.69, 9.17) is 28.4 Å². The normalized spacial score (nSPS) is 12.8. The molecule has 2 atom stereocenters. The zero-order valence-electron chi connectivity index (χ0n) is 25.5. The van der Waals surface area contributed by atoms with Crippen LogP contribution in [0.3, 0.4) is 0 Å². The number of rotatable bonds is 14. The average Bonchev–Trinajstić information content (AvgIpc) is 2.94. The fourth-order valence-electron chi connectivity index (χ4n) is 3.82. The largest absolute Gasteiger partial charge is 0.496 e. The van der Waals surface area contributed by atoms with Crippen LogP contribution in [-0.4, -0.2) is 62.9 Å². The van der Waals surface area contributed by atoms with Crippen LogP contribution < -0.4 is 19.5 Å². The summed E-state index contributed by atoms with van der Waals surface area (Å²) < 4.78 is 33.1. The van der Waals surface area contributed by atoms with E-state index in [1.807, 2.05) is 30.3 Å². The van der Waals surface area contributed by atoms with E-state index in [9.17, 15) is 14.4 Å². The number of amides is 1. The molecule has 0 heterocycles. The van der Waals surface area contributed by atoms with Crippen LogP contribution in [0.1, 0.15) is 45.7 Å². The van der Waals surface area contributed by atoms with Crippen molar-refractivity contribution in [1.29, 1.82) is 0 Å². The standard InChI is InChI=1S/C31H41NO9S/c1-10-16-39-28(34)26(42-19-22-23(37-8)17-21(36-7)18-24(22)38-9)25(32-29(35)41-30(2,3)4)27(33)40-31(5,6)20-14-12-11-13-15-20/h10-15,17-18,25-26H,1,16,19H2,2-9H3,(H,32,35)/t25-,26+/m0/s1. The van der Waals surface area contributed by atoms with Crippen molar-refractivity contribution in [1.82, 2.24) is 5.32 Å². The lowest BCUT2D eigenvalue weighted by atomic mass is 9.98. The smallest absolute Gasteiger partial charge is 0.408 e. The summed E-state index contributed by atoms with van der Waals surface area (Å²) in [4.78, 5) is 40.1. The molecule has 0 aromatic heterocycles. The van der Waals surface area contributed by atoms with Gasteiger partial charge < -0.3 is 33.7 Å². The summed E-state index contributed by atoms with van der Waals surface area (Å²) in [5, 5.41) is 1.29. The molecule has 0 aliphatic heterocycles. The first-order chi connectivity index (χ1) is 19.8. The Morgan fingerprint density at radius 2 is 1.50 bits per heavy atom. The van der Waals surface area contributed by atoms with Gasteiger partial charge in [0.15, 0.2) is 6.04 Å². The molecule has 0 saturated heterocycles. The molecule has 2 aromatic rings. The van der Waals surface area contributed by atoms with E-state index < -0.39 is 40.5 Å². The third kappa shape index (κ3) is 9.90. The predicted molar refractivity (Wildman–Crippen MR) is 161 cm³/mol. The van der Waals surface area contributed by atoms with Gasteiger partial charge in [-0.1, -0.05) is 43.0 Å². The Morgan fingerprint density at radius 1 is 0.905 bits per heavy atom. The molecule has 0 spiro atoms. The zero-order chi connectivity index (χ0) is 31.5. The number of benzene rings is 2. The fourth-order valence-corrected chi connectivity index (χ4v) is 5.03. The highest BCUT2D eigenvalue weighted by atomic mass is 32.2. The molecular weight excluding hydrogens is 562 g/mol. The Kier molecular flexibility index (Phi) is 12.6. The summed E-state index contributed by atoms with van der Waals surface area (Å²) in [6.07, 6.45) is 0.506. The highest BCUT2D eigenvalue weighted by Gasteiger charge is 2.41. The number of carbonyl (C=O) groups excluding carboxylic acids is 3. The van der Waals surface area contributed by atoms with Crippen molar-refractivity contribution in [2.24, 2.45) is 0 Å². The second kappa shape index (κ2) is 15.4. The van der Waals surface area contributed by atoms with E-state index in [0.29, 0.717) is 22.8 Å². The van der Waals surface area contributed by atoms with E-state index in [2.05, 4.69) is 11.9 Å². The minimum absolute atomic E-state index is 0.102. The van der Waals surface area contributed by atoms with E-state index in [1.54, 1.807) is 46.8 Å². The molecule has 0 aliphatic carbocycles. The maximum atomic E-state index is 13.8. The van der Waals surface area contributed by atoms with Crippen LogP contribution in [0.5, 0.6) is 17.2 Å². The van der Waals surface area contributed by atoms with Crippen LogP contribution in [0.15, 0.2) is 55.1 Å². The molecule has 2 rings (SSSR count). The van der Waals surface area contributed by atoms with Gasteiger partial charge in [0.1, 0.15) is 40.3 Å². The number of methoxy groups -OCH3 is 3. The lowest BCUT2D eigenvalue weighted by molar-refractivity contribution is -0.162. The van der Waals surface area contributed by atoms with Crippen molar-refractivity contribution < 1.29 is 42.8 Å². The van der Waals surface area contributed by atoms with Crippen molar-refractivity contribution in [3.8, 4) is 17.2 Å². The molecular formula is C31H41NO9S. The molecule has 0 radical (unpaired) electrons. The summed E-state index contributed by atoms with van der Waals surface area (Å²) in [6.45, 7) is 12.0. The second-order valence-electron chi connectivity index (χ2n) is 10.6. The molecule has 11 heteroatoms. The second-order valence-corrected chi connectivity index (χ2v) is 11.7. The highest BCUT2D eigenvalue weighted by Crippen LogP contribution is 2.38. The molecule has 230 valence electrons. The molecule has 42 heavy (non-hydrogen) atoms. The van der Waals surface area contributed by atoms with Gasteiger partial charge in [-0.3, -0.25) is 4.79 Å². The Labute approximate surface area is 252 Å². The summed E-state index contributed by atoms with van der Waals surface area (Å²) in [7, 11) is 4.51. The minimum atomic E-state index is -1.49. The van der Waals surface area contributed by atoms with Gasteiger partial charge in [-0.2, -0.15) is 0 Å². The van der Waals surface area contributed by atoms with Gasteiger partial charge in [0.05, 0.1) is 21.3 Å². The van der Waals surface area contributed by atoms with Crippen molar-refractivity contribution in [3.05, 3.63) is 66.2 Å². The first kappa shape index (κ1) is 34.3. The van der Waals surface area contributed by atoms with Crippen LogP contribution in [0.2, 0.25) is 0 Å². The van der Waals surface area contributed by atoms with Crippen LogP contribution in [0, 0.1) is 0 Å². The molecule has 1 amide bonds. The van der Waals surface area contributed by atoms with Gasteiger partial charge in [-0.15, -0.1) is 11.8 Å². The van der Waals surface area contributed by atoms with Gasteiger partial charge in [0, 0.05) is 23.4 Å². The Bertz CT molecular complexity index is 1200. The first-order valence-electron chi connectivity index (χ1n) is 13.2. The molecule has 2 aromatic carbocycles. The van der Waals surface area contributed by atoms with E-state index in [0.717, 1.165) is 17.3 Å². The molecule has 10 nitrogen and oxygen atoms in total. The van der Waals surface area contributed by atoms with Crippen LogP contribution in [-0.2, 0) is 35.2 Å². The number of thioether (sulfide) groups is 1.